The molecule has 2 N–H and O–H groups in total. The van der Waals surface area contributed by atoms with Gasteiger partial charge in [0.25, 0.3) is 0 Å². The highest BCUT2D eigenvalue weighted by molar-refractivity contribution is 9.10. The monoisotopic (exact) mass is 328 g/mol. The van der Waals surface area contributed by atoms with Gasteiger partial charge in [-0.2, -0.15) is 0 Å². The van der Waals surface area contributed by atoms with Gasteiger partial charge in [0.1, 0.15) is 10.8 Å². The van der Waals surface area contributed by atoms with Crippen molar-refractivity contribution in [2.24, 2.45) is 5.73 Å². The van der Waals surface area contributed by atoms with Crippen molar-refractivity contribution in [2.75, 3.05) is 0 Å². The SMILES string of the molecule is CCCc1nc(-c2ccc(F)c(Br)c2)sc1CN. The van der Waals surface area contributed by atoms with Crippen molar-refractivity contribution in [3.63, 3.8) is 0 Å². The molecule has 0 spiro atoms. The molecule has 5 heteroatoms. The van der Waals surface area contributed by atoms with E-state index < -0.39 is 0 Å². The van der Waals surface area contributed by atoms with Crippen LogP contribution in [0.5, 0.6) is 0 Å². The molecule has 2 aromatic rings. The first kappa shape index (κ1) is 13.6. The van der Waals surface area contributed by atoms with Crippen LogP contribution in [0, 0.1) is 5.82 Å². The normalized spacial score (nSPS) is 10.9. The van der Waals surface area contributed by atoms with Crippen LogP contribution in [0.2, 0.25) is 0 Å². The van der Waals surface area contributed by atoms with E-state index in [0.29, 0.717) is 11.0 Å². The van der Waals surface area contributed by atoms with Gasteiger partial charge >= 0.3 is 0 Å². The van der Waals surface area contributed by atoms with E-state index in [1.807, 2.05) is 0 Å². The zero-order chi connectivity index (χ0) is 13.1. The Morgan fingerprint density at radius 1 is 1.44 bits per heavy atom. The van der Waals surface area contributed by atoms with Gasteiger partial charge < -0.3 is 5.73 Å². The van der Waals surface area contributed by atoms with Crippen molar-refractivity contribution in [1.82, 2.24) is 4.98 Å². The Bertz CT molecular complexity index is 554. The van der Waals surface area contributed by atoms with E-state index in [-0.39, 0.29) is 5.82 Å². The summed E-state index contributed by atoms with van der Waals surface area (Å²) in [6.07, 6.45) is 1.98. The third kappa shape index (κ3) is 2.79. The van der Waals surface area contributed by atoms with E-state index in [4.69, 9.17) is 5.73 Å². The van der Waals surface area contributed by atoms with Gasteiger partial charge in [0.05, 0.1) is 10.2 Å². The van der Waals surface area contributed by atoms with Gasteiger partial charge in [-0.25, -0.2) is 9.37 Å². The first-order valence-electron chi connectivity index (χ1n) is 5.79. The zero-order valence-corrected chi connectivity index (χ0v) is 12.4. The van der Waals surface area contributed by atoms with Crippen molar-refractivity contribution in [3.05, 3.63) is 39.1 Å². The molecule has 0 amide bonds. The van der Waals surface area contributed by atoms with Crippen LogP contribution in [0.1, 0.15) is 23.9 Å². The highest BCUT2D eigenvalue weighted by Gasteiger charge is 2.12. The number of halogens is 2. The lowest BCUT2D eigenvalue weighted by Gasteiger charge is -1.98. The molecule has 0 radical (unpaired) electrons. The second-order valence-corrected chi connectivity index (χ2v) is 5.91. The van der Waals surface area contributed by atoms with Gasteiger partial charge in [-0.1, -0.05) is 13.3 Å². The summed E-state index contributed by atoms with van der Waals surface area (Å²) in [5.74, 6) is -0.261. The number of hydrogen-bond acceptors (Lipinski definition) is 3. The van der Waals surface area contributed by atoms with Gasteiger partial charge in [0.2, 0.25) is 0 Å². The molecular weight excluding hydrogens is 315 g/mol. The van der Waals surface area contributed by atoms with Crippen molar-refractivity contribution >= 4 is 27.3 Å². The van der Waals surface area contributed by atoms with Crippen LogP contribution in [0.25, 0.3) is 10.6 Å². The standard InChI is InChI=1S/C13H14BrFN2S/c1-2-3-11-12(7-16)18-13(17-11)8-4-5-10(15)9(14)6-8/h4-6H,2-3,7,16H2,1H3. The molecule has 0 saturated carbocycles. The molecular formula is C13H14BrFN2S. The molecule has 18 heavy (non-hydrogen) atoms. The topological polar surface area (TPSA) is 38.9 Å². The fourth-order valence-corrected chi connectivity index (χ4v) is 3.09. The fraction of sp³-hybridized carbons (Fsp3) is 0.308. The predicted octanol–water partition coefficient (Wildman–Crippen LogP) is 4.12. The molecule has 1 aromatic heterocycles. The molecule has 0 aliphatic heterocycles. The maximum Gasteiger partial charge on any atom is 0.137 e. The number of aromatic nitrogens is 1. The molecule has 2 rings (SSSR count). The Hall–Kier alpha value is -0.780. The summed E-state index contributed by atoms with van der Waals surface area (Å²) in [5, 5.41) is 0.902. The molecule has 1 aromatic carbocycles. The molecule has 0 bridgehead atoms. The maximum absolute atomic E-state index is 13.2. The third-order valence-electron chi connectivity index (χ3n) is 2.62. The molecule has 1 heterocycles. The number of hydrogen-bond donors (Lipinski definition) is 1. The quantitative estimate of drug-likeness (QED) is 0.916. The summed E-state index contributed by atoms with van der Waals surface area (Å²) >= 11 is 4.78. The molecule has 0 aliphatic rings. The van der Waals surface area contributed by atoms with E-state index in [1.54, 1.807) is 23.5 Å². The van der Waals surface area contributed by atoms with E-state index in [0.717, 1.165) is 34.0 Å². The van der Waals surface area contributed by atoms with Gasteiger partial charge in [-0.15, -0.1) is 11.3 Å². The van der Waals surface area contributed by atoms with Gasteiger partial charge in [-0.3, -0.25) is 0 Å². The second kappa shape index (κ2) is 5.91. The molecule has 2 nitrogen and oxygen atoms in total. The Morgan fingerprint density at radius 2 is 2.22 bits per heavy atom. The molecule has 0 unspecified atom stereocenters. The first-order valence-corrected chi connectivity index (χ1v) is 7.40. The van der Waals surface area contributed by atoms with Gasteiger partial charge in [0.15, 0.2) is 0 Å². The summed E-state index contributed by atoms with van der Waals surface area (Å²) in [5.41, 5.74) is 7.72. The van der Waals surface area contributed by atoms with Crippen LogP contribution in [-0.4, -0.2) is 4.98 Å². The predicted molar refractivity (Wildman–Crippen MR) is 77.1 cm³/mol. The van der Waals surface area contributed by atoms with Gasteiger partial charge in [0, 0.05) is 17.0 Å². The minimum absolute atomic E-state index is 0.261. The van der Waals surface area contributed by atoms with E-state index in [9.17, 15) is 4.39 Å². The minimum atomic E-state index is -0.261. The molecule has 0 saturated heterocycles. The number of nitrogens with zero attached hydrogens (tertiary/aromatic N) is 1. The Kier molecular flexibility index (Phi) is 4.48. The zero-order valence-electron chi connectivity index (χ0n) is 10.0. The van der Waals surface area contributed by atoms with Crippen molar-refractivity contribution in [2.45, 2.75) is 26.3 Å². The summed E-state index contributed by atoms with van der Waals surface area (Å²) in [4.78, 5) is 5.72. The van der Waals surface area contributed by atoms with Crippen molar-refractivity contribution in [3.8, 4) is 10.6 Å². The Morgan fingerprint density at radius 3 is 2.83 bits per heavy atom. The number of nitrogens with two attached hydrogens (primary N) is 1. The average molecular weight is 329 g/mol. The molecule has 0 fully saturated rings. The van der Waals surface area contributed by atoms with Crippen LogP contribution < -0.4 is 5.73 Å². The van der Waals surface area contributed by atoms with Gasteiger partial charge in [-0.05, 0) is 40.5 Å². The second-order valence-electron chi connectivity index (χ2n) is 3.97. The average Bonchev–Trinajstić information content (AvgIpc) is 2.76. The molecule has 0 aliphatic carbocycles. The van der Waals surface area contributed by atoms with E-state index in [1.165, 1.54) is 6.07 Å². The highest BCUT2D eigenvalue weighted by atomic mass is 79.9. The number of aryl methyl sites for hydroxylation is 1. The Balaban J connectivity index is 2.40. The number of benzene rings is 1. The Labute approximate surface area is 118 Å². The third-order valence-corrected chi connectivity index (χ3v) is 4.39. The summed E-state index contributed by atoms with van der Waals surface area (Å²) < 4.78 is 13.7. The smallest absolute Gasteiger partial charge is 0.137 e. The van der Waals surface area contributed by atoms with Crippen LogP contribution >= 0.6 is 27.3 Å². The lowest BCUT2D eigenvalue weighted by atomic mass is 10.2. The minimum Gasteiger partial charge on any atom is -0.326 e. The first-order chi connectivity index (χ1) is 8.65. The molecule has 0 atom stereocenters. The van der Waals surface area contributed by atoms with Crippen molar-refractivity contribution < 1.29 is 4.39 Å². The number of thiazole rings is 1. The number of rotatable bonds is 4. The van der Waals surface area contributed by atoms with Crippen LogP contribution in [0.3, 0.4) is 0 Å². The lowest BCUT2D eigenvalue weighted by Crippen LogP contribution is -1.97. The maximum atomic E-state index is 13.2. The summed E-state index contributed by atoms with van der Waals surface area (Å²) in [7, 11) is 0. The van der Waals surface area contributed by atoms with Crippen molar-refractivity contribution in [1.29, 1.82) is 0 Å². The molecule has 96 valence electrons. The van der Waals surface area contributed by atoms with E-state index in [2.05, 4.69) is 27.8 Å². The summed E-state index contributed by atoms with van der Waals surface area (Å²) in [6.45, 7) is 2.63. The van der Waals surface area contributed by atoms with Crippen LogP contribution in [0.4, 0.5) is 4.39 Å². The lowest BCUT2D eigenvalue weighted by molar-refractivity contribution is 0.621. The highest BCUT2D eigenvalue weighted by Crippen LogP contribution is 2.31. The fourth-order valence-electron chi connectivity index (χ4n) is 1.73. The van der Waals surface area contributed by atoms with Crippen LogP contribution in [0.15, 0.2) is 22.7 Å². The largest absolute Gasteiger partial charge is 0.326 e. The summed E-state index contributed by atoms with van der Waals surface area (Å²) in [6, 6.07) is 4.95. The van der Waals surface area contributed by atoms with E-state index >= 15 is 0 Å². The van der Waals surface area contributed by atoms with Crippen LogP contribution in [-0.2, 0) is 13.0 Å².